The van der Waals surface area contributed by atoms with E-state index in [1.54, 1.807) is 19.2 Å². The molecule has 3 rings (SSSR count). The third kappa shape index (κ3) is 3.57. The van der Waals surface area contributed by atoms with Gasteiger partial charge in [-0.05, 0) is 45.3 Å². The molecule has 0 amide bonds. The summed E-state index contributed by atoms with van der Waals surface area (Å²) in [4.78, 5) is 27.4. The molecule has 0 unspecified atom stereocenters. The number of halogens is 2. The van der Waals surface area contributed by atoms with Gasteiger partial charge in [0.05, 0.1) is 21.6 Å². The lowest BCUT2D eigenvalue weighted by Crippen LogP contribution is -2.36. The molecule has 0 spiro atoms. The van der Waals surface area contributed by atoms with Crippen molar-refractivity contribution in [3.8, 4) is 11.3 Å². The van der Waals surface area contributed by atoms with Gasteiger partial charge in [0, 0.05) is 37.4 Å². The summed E-state index contributed by atoms with van der Waals surface area (Å²) in [6.45, 7) is 1.59. The van der Waals surface area contributed by atoms with Gasteiger partial charge in [-0.2, -0.15) is 0 Å². The van der Waals surface area contributed by atoms with Crippen molar-refractivity contribution >= 4 is 34.1 Å². The molecular formula is C19H22Cl2N4O2. The van der Waals surface area contributed by atoms with E-state index >= 15 is 0 Å². The largest absolute Gasteiger partial charge is 0.345 e. The van der Waals surface area contributed by atoms with Crippen LogP contribution in [0.1, 0.15) is 6.42 Å². The summed E-state index contributed by atoms with van der Waals surface area (Å²) < 4.78 is 4.62. The summed E-state index contributed by atoms with van der Waals surface area (Å²) in [6.07, 6.45) is 2.74. The minimum atomic E-state index is -0.355. The van der Waals surface area contributed by atoms with Crippen molar-refractivity contribution in [3.63, 3.8) is 0 Å². The maximum absolute atomic E-state index is 12.9. The zero-order valence-electron chi connectivity index (χ0n) is 15.8. The van der Waals surface area contributed by atoms with E-state index in [1.807, 2.05) is 30.9 Å². The van der Waals surface area contributed by atoms with Crippen molar-refractivity contribution in [3.05, 3.63) is 55.3 Å². The topological polar surface area (TPSA) is 52.2 Å². The Bertz CT molecular complexity index is 1130. The van der Waals surface area contributed by atoms with E-state index in [0.29, 0.717) is 33.2 Å². The van der Waals surface area contributed by atoms with Crippen LogP contribution in [0, 0.1) is 0 Å². The zero-order chi connectivity index (χ0) is 19.9. The van der Waals surface area contributed by atoms with Gasteiger partial charge in [-0.3, -0.25) is 13.9 Å². The summed E-state index contributed by atoms with van der Waals surface area (Å²) in [5.41, 5.74) is 1.33. The highest BCUT2D eigenvalue weighted by molar-refractivity contribution is 6.36. The predicted octanol–water partition coefficient (Wildman–Crippen LogP) is 2.96. The van der Waals surface area contributed by atoms with Crippen LogP contribution >= 0.6 is 23.2 Å². The van der Waals surface area contributed by atoms with E-state index < -0.39 is 0 Å². The highest BCUT2D eigenvalue weighted by atomic mass is 35.5. The fourth-order valence-corrected chi connectivity index (χ4v) is 3.79. The fourth-order valence-electron chi connectivity index (χ4n) is 3.29. The van der Waals surface area contributed by atoms with E-state index in [0.717, 1.165) is 23.1 Å². The molecule has 0 bridgehead atoms. The van der Waals surface area contributed by atoms with Gasteiger partial charge in [0.1, 0.15) is 0 Å². The Morgan fingerprint density at radius 2 is 1.78 bits per heavy atom. The maximum atomic E-state index is 12.9. The van der Waals surface area contributed by atoms with Crippen molar-refractivity contribution < 1.29 is 0 Å². The van der Waals surface area contributed by atoms with Crippen LogP contribution in [0.2, 0.25) is 10.0 Å². The molecular weight excluding hydrogens is 387 g/mol. The van der Waals surface area contributed by atoms with Crippen LogP contribution in [-0.4, -0.2) is 39.2 Å². The molecule has 0 aliphatic carbocycles. The van der Waals surface area contributed by atoms with Crippen molar-refractivity contribution in [2.75, 3.05) is 20.6 Å². The molecule has 0 fully saturated rings. The van der Waals surface area contributed by atoms with Crippen molar-refractivity contribution in [2.24, 2.45) is 14.1 Å². The smallest absolute Gasteiger partial charge is 0.330 e. The van der Waals surface area contributed by atoms with E-state index in [9.17, 15) is 9.59 Å². The normalized spacial score (nSPS) is 11.7. The molecule has 0 saturated heterocycles. The summed E-state index contributed by atoms with van der Waals surface area (Å²) in [5.74, 6) is 0. The molecule has 2 heterocycles. The Labute approximate surface area is 167 Å². The Balaban J connectivity index is 2.33. The molecule has 8 heteroatoms. The lowest BCUT2D eigenvalue weighted by Gasteiger charge is -2.13. The van der Waals surface area contributed by atoms with Crippen molar-refractivity contribution in [1.29, 1.82) is 0 Å². The van der Waals surface area contributed by atoms with E-state index in [2.05, 4.69) is 4.90 Å². The number of fused-ring (bicyclic) bond motifs is 1. The summed E-state index contributed by atoms with van der Waals surface area (Å²) >= 11 is 12.5. The first-order valence-corrected chi connectivity index (χ1v) is 9.37. The van der Waals surface area contributed by atoms with Crippen molar-refractivity contribution in [2.45, 2.75) is 13.0 Å². The molecule has 0 atom stereocenters. The summed E-state index contributed by atoms with van der Waals surface area (Å²) in [7, 11) is 7.19. The molecule has 0 saturated carbocycles. The van der Waals surface area contributed by atoms with Crippen LogP contribution in [0.25, 0.3) is 22.2 Å². The first-order valence-electron chi connectivity index (χ1n) is 8.61. The van der Waals surface area contributed by atoms with Gasteiger partial charge in [0.25, 0.3) is 5.56 Å². The number of hydrogen-bond acceptors (Lipinski definition) is 3. The first-order chi connectivity index (χ1) is 12.7. The van der Waals surface area contributed by atoms with Crippen LogP contribution in [0.15, 0.2) is 34.0 Å². The predicted molar refractivity (Wildman–Crippen MR) is 111 cm³/mol. The molecule has 0 radical (unpaired) electrons. The van der Waals surface area contributed by atoms with Crippen LogP contribution in [0.5, 0.6) is 0 Å². The Morgan fingerprint density at radius 3 is 2.41 bits per heavy atom. The van der Waals surface area contributed by atoms with Crippen LogP contribution < -0.4 is 11.2 Å². The van der Waals surface area contributed by atoms with E-state index in [4.69, 9.17) is 23.2 Å². The average molecular weight is 409 g/mol. The van der Waals surface area contributed by atoms with Gasteiger partial charge in [0.15, 0.2) is 0 Å². The maximum Gasteiger partial charge on any atom is 0.330 e. The van der Waals surface area contributed by atoms with E-state index in [1.165, 1.54) is 11.6 Å². The van der Waals surface area contributed by atoms with Gasteiger partial charge < -0.3 is 9.47 Å². The van der Waals surface area contributed by atoms with Gasteiger partial charge in [-0.25, -0.2) is 4.79 Å². The van der Waals surface area contributed by atoms with Gasteiger partial charge >= 0.3 is 5.69 Å². The monoisotopic (exact) mass is 408 g/mol. The highest BCUT2D eigenvalue weighted by Crippen LogP contribution is 2.34. The molecule has 27 heavy (non-hydrogen) atoms. The van der Waals surface area contributed by atoms with E-state index in [-0.39, 0.29) is 11.2 Å². The first kappa shape index (κ1) is 19.7. The highest BCUT2D eigenvalue weighted by Gasteiger charge is 2.20. The number of nitrogens with zero attached hydrogens (tertiary/aromatic N) is 4. The minimum Gasteiger partial charge on any atom is -0.345 e. The lowest BCUT2D eigenvalue weighted by atomic mass is 10.1. The Hall–Kier alpha value is -2.02. The molecule has 1 aromatic carbocycles. The number of rotatable bonds is 5. The molecule has 0 aliphatic heterocycles. The zero-order valence-corrected chi connectivity index (χ0v) is 17.3. The minimum absolute atomic E-state index is 0.333. The second-order valence-electron chi connectivity index (χ2n) is 6.92. The molecule has 0 aliphatic rings. The van der Waals surface area contributed by atoms with Crippen molar-refractivity contribution in [1.82, 2.24) is 18.6 Å². The number of aryl methyl sites for hydroxylation is 2. The van der Waals surface area contributed by atoms with Gasteiger partial charge in [0.2, 0.25) is 0 Å². The third-order valence-electron chi connectivity index (χ3n) is 4.70. The summed E-state index contributed by atoms with van der Waals surface area (Å²) in [6, 6.07) is 5.22. The molecule has 6 nitrogen and oxygen atoms in total. The second kappa shape index (κ2) is 7.54. The van der Waals surface area contributed by atoms with Gasteiger partial charge in [-0.15, -0.1) is 0 Å². The Kier molecular flexibility index (Phi) is 5.51. The quantitative estimate of drug-likeness (QED) is 0.651. The van der Waals surface area contributed by atoms with Crippen LogP contribution in [0.4, 0.5) is 0 Å². The average Bonchev–Trinajstić information content (AvgIpc) is 2.97. The number of hydrogen-bond donors (Lipinski definition) is 0. The lowest BCUT2D eigenvalue weighted by molar-refractivity contribution is 0.387. The number of benzene rings is 1. The number of aromatic nitrogens is 3. The SMILES string of the molecule is CN(C)CCCn1cc2c(c1-c1ccc(Cl)cc1Cl)c(=O)n(C)c(=O)n2C. The standard InChI is InChI=1S/C19H22Cl2N4O2/c1-22(2)8-5-9-25-11-15-16(18(26)24(4)19(27)23(15)3)17(25)13-7-6-12(20)10-14(13)21/h6-7,10-11H,5,8-9H2,1-4H3. The molecule has 144 valence electrons. The molecule has 2 aromatic heterocycles. The van der Waals surface area contributed by atoms with Crippen LogP contribution in [0.3, 0.4) is 0 Å². The molecule has 3 aromatic rings. The molecule has 0 N–H and O–H groups in total. The fraction of sp³-hybridized carbons (Fsp3) is 0.368. The Morgan fingerprint density at radius 1 is 1.07 bits per heavy atom. The second-order valence-corrected chi connectivity index (χ2v) is 7.76. The van der Waals surface area contributed by atoms with Gasteiger partial charge in [-0.1, -0.05) is 23.2 Å². The summed E-state index contributed by atoms with van der Waals surface area (Å²) in [5, 5.41) is 1.47. The third-order valence-corrected chi connectivity index (χ3v) is 5.25. The van der Waals surface area contributed by atoms with Crippen LogP contribution in [-0.2, 0) is 20.6 Å².